The summed E-state index contributed by atoms with van der Waals surface area (Å²) in [6, 6.07) is 8.07. The fraction of sp³-hybridized carbons (Fsp3) is 0.438. The summed E-state index contributed by atoms with van der Waals surface area (Å²) in [4.78, 5) is 14.5. The van der Waals surface area contributed by atoms with E-state index in [2.05, 4.69) is 0 Å². The Hall–Kier alpha value is -1.07. The highest BCUT2D eigenvalue weighted by atomic mass is 32.2. The zero-order chi connectivity index (χ0) is 15.6. The van der Waals surface area contributed by atoms with E-state index in [0.717, 1.165) is 17.0 Å². The average Bonchev–Trinajstić information content (AvgIpc) is 2.47. The van der Waals surface area contributed by atoms with E-state index in [9.17, 15) is 4.79 Å². The first kappa shape index (κ1) is 16.3. The van der Waals surface area contributed by atoms with Crippen molar-refractivity contribution in [3.8, 4) is 0 Å². The smallest absolute Gasteiger partial charge is 0.263 e. The number of amides is 1. The Morgan fingerprint density at radius 1 is 1.24 bits per heavy atom. The standard InChI is InChI=1S/C16H21NO2S2/c1-6-19-12(3)14-15(18)17(16(14,20-4)21-5)13-9-7-11(2)8-10-13/h7-10H,6H2,1-5H3/b14-12+. The number of rotatable bonds is 5. The van der Waals surface area contributed by atoms with Crippen LogP contribution in [0.5, 0.6) is 0 Å². The van der Waals surface area contributed by atoms with Gasteiger partial charge in [0.25, 0.3) is 5.91 Å². The van der Waals surface area contributed by atoms with Gasteiger partial charge in [0.05, 0.1) is 6.61 Å². The van der Waals surface area contributed by atoms with Crippen LogP contribution >= 0.6 is 23.5 Å². The van der Waals surface area contributed by atoms with Gasteiger partial charge in [0.1, 0.15) is 11.3 Å². The summed E-state index contributed by atoms with van der Waals surface area (Å²) in [5, 5.41) is 0. The molecule has 1 aliphatic rings. The largest absolute Gasteiger partial charge is 0.498 e. The fourth-order valence-electron chi connectivity index (χ4n) is 2.55. The van der Waals surface area contributed by atoms with Crippen molar-refractivity contribution < 1.29 is 9.53 Å². The number of aryl methyl sites for hydroxylation is 1. The van der Waals surface area contributed by atoms with Gasteiger partial charge >= 0.3 is 0 Å². The molecule has 114 valence electrons. The van der Waals surface area contributed by atoms with Crippen molar-refractivity contribution in [2.75, 3.05) is 24.0 Å². The fourth-order valence-corrected chi connectivity index (χ4v) is 4.83. The van der Waals surface area contributed by atoms with Gasteiger partial charge < -0.3 is 4.74 Å². The molecular formula is C16H21NO2S2. The van der Waals surface area contributed by atoms with Gasteiger partial charge in [-0.3, -0.25) is 9.69 Å². The molecule has 1 aromatic carbocycles. The molecule has 1 saturated heterocycles. The van der Waals surface area contributed by atoms with Crippen molar-refractivity contribution >= 4 is 35.1 Å². The number of nitrogens with zero attached hydrogens (tertiary/aromatic N) is 1. The summed E-state index contributed by atoms with van der Waals surface area (Å²) >= 11 is 3.32. The van der Waals surface area contributed by atoms with E-state index in [1.165, 1.54) is 5.56 Å². The number of β-lactam (4-membered cyclic amide) rings is 1. The Kier molecular flexibility index (Phi) is 4.94. The topological polar surface area (TPSA) is 29.5 Å². The third-order valence-electron chi connectivity index (χ3n) is 3.59. The lowest BCUT2D eigenvalue weighted by Crippen LogP contribution is -2.62. The number of ether oxygens (including phenoxy) is 1. The van der Waals surface area contributed by atoms with Crippen LogP contribution in [0.1, 0.15) is 19.4 Å². The van der Waals surface area contributed by atoms with Crippen molar-refractivity contribution in [3.63, 3.8) is 0 Å². The molecule has 5 heteroatoms. The van der Waals surface area contributed by atoms with E-state index in [1.54, 1.807) is 23.5 Å². The van der Waals surface area contributed by atoms with Crippen molar-refractivity contribution in [1.29, 1.82) is 0 Å². The number of benzene rings is 1. The van der Waals surface area contributed by atoms with E-state index in [1.807, 2.05) is 62.4 Å². The van der Waals surface area contributed by atoms with Gasteiger partial charge in [-0.25, -0.2) is 0 Å². The maximum atomic E-state index is 12.7. The summed E-state index contributed by atoms with van der Waals surface area (Å²) in [6.07, 6.45) is 4.06. The van der Waals surface area contributed by atoms with Gasteiger partial charge in [0, 0.05) is 5.69 Å². The molecule has 0 unspecified atom stereocenters. The molecule has 0 N–H and O–H groups in total. The van der Waals surface area contributed by atoms with Crippen LogP contribution in [0.15, 0.2) is 35.6 Å². The minimum absolute atomic E-state index is 0.0357. The molecule has 0 bridgehead atoms. The quantitative estimate of drug-likeness (QED) is 0.354. The van der Waals surface area contributed by atoms with Crippen molar-refractivity contribution in [2.24, 2.45) is 0 Å². The molecule has 1 aliphatic heterocycles. The summed E-state index contributed by atoms with van der Waals surface area (Å²) in [5.41, 5.74) is 2.89. The van der Waals surface area contributed by atoms with E-state index in [0.29, 0.717) is 6.61 Å². The van der Waals surface area contributed by atoms with Crippen molar-refractivity contribution in [3.05, 3.63) is 41.2 Å². The Bertz CT molecular complexity index is 562. The average molecular weight is 323 g/mol. The lowest BCUT2D eigenvalue weighted by atomic mass is 10.0. The second-order valence-electron chi connectivity index (χ2n) is 4.83. The monoisotopic (exact) mass is 323 g/mol. The number of carbonyl (C=O) groups is 1. The third kappa shape index (κ3) is 2.57. The van der Waals surface area contributed by atoms with Crippen LogP contribution in [0, 0.1) is 6.92 Å². The highest BCUT2D eigenvalue weighted by Gasteiger charge is 2.58. The van der Waals surface area contributed by atoms with Gasteiger partial charge in [-0.1, -0.05) is 17.7 Å². The third-order valence-corrected chi connectivity index (χ3v) is 6.47. The van der Waals surface area contributed by atoms with Crippen LogP contribution in [0.2, 0.25) is 0 Å². The highest BCUT2D eigenvalue weighted by Crippen LogP contribution is 2.55. The number of carbonyl (C=O) groups excluding carboxylic acids is 1. The van der Waals surface area contributed by atoms with E-state index >= 15 is 0 Å². The predicted molar refractivity (Wildman–Crippen MR) is 92.8 cm³/mol. The number of thioether (sulfide) groups is 2. The minimum Gasteiger partial charge on any atom is -0.498 e. The van der Waals surface area contributed by atoms with E-state index < -0.39 is 4.20 Å². The van der Waals surface area contributed by atoms with Crippen LogP contribution in [0.3, 0.4) is 0 Å². The minimum atomic E-state index is -0.397. The molecular weight excluding hydrogens is 302 g/mol. The second kappa shape index (κ2) is 6.36. The maximum Gasteiger partial charge on any atom is 0.263 e. The Balaban J connectivity index is 2.46. The summed E-state index contributed by atoms with van der Waals surface area (Å²) < 4.78 is 5.19. The SMILES string of the molecule is CCO/C(C)=C1\C(=O)N(c2ccc(C)cc2)C1(SC)SC. The Labute approximate surface area is 135 Å². The van der Waals surface area contributed by atoms with E-state index in [-0.39, 0.29) is 5.91 Å². The second-order valence-corrected chi connectivity index (χ2v) is 7.09. The van der Waals surface area contributed by atoms with Crippen LogP contribution < -0.4 is 4.90 Å². The van der Waals surface area contributed by atoms with Crippen molar-refractivity contribution in [2.45, 2.75) is 25.0 Å². The summed E-state index contributed by atoms with van der Waals surface area (Å²) in [5.74, 6) is 0.767. The number of anilines is 1. The number of hydrogen-bond donors (Lipinski definition) is 0. The molecule has 2 rings (SSSR count). The zero-order valence-electron chi connectivity index (χ0n) is 13.1. The lowest BCUT2D eigenvalue weighted by molar-refractivity contribution is -0.118. The number of hydrogen-bond acceptors (Lipinski definition) is 4. The molecule has 21 heavy (non-hydrogen) atoms. The first-order valence-corrected chi connectivity index (χ1v) is 9.32. The molecule has 0 atom stereocenters. The molecule has 1 aromatic rings. The molecule has 1 amide bonds. The first-order chi connectivity index (χ1) is 10.0. The molecule has 0 aromatic heterocycles. The highest BCUT2D eigenvalue weighted by molar-refractivity contribution is 8.18. The predicted octanol–water partition coefficient (Wildman–Crippen LogP) is 4.03. The van der Waals surface area contributed by atoms with Crippen LogP contribution in [-0.2, 0) is 9.53 Å². The Morgan fingerprint density at radius 2 is 1.81 bits per heavy atom. The molecule has 0 spiro atoms. The summed E-state index contributed by atoms with van der Waals surface area (Å²) in [6.45, 7) is 6.43. The van der Waals surface area contributed by atoms with Crippen LogP contribution in [0.4, 0.5) is 5.69 Å². The van der Waals surface area contributed by atoms with Gasteiger partial charge in [0.15, 0.2) is 4.20 Å². The molecule has 1 fully saturated rings. The van der Waals surface area contributed by atoms with Gasteiger partial charge in [-0.2, -0.15) is 0 Å². The van der Waals surface area contributed by atoms with Gasteiger partial charge in [-0.05, 0) is 45.4 Å². The van der Waals surface area contributed by atoms with Crippen molar-refractivity contribution in [1.82, 2.24) is 0 Å². The maximum absolute atomic E-state index is 12.7. The molecule has 3 nitrogen and oxygen atoms in total. The molecule has 1 heterocycles. The normalized spacial score (nSPS) is 19.3. The lowest BCUT2D eigenvalue weighted by Gasteiger charge is -2.51. The van der Waals surface area contributed by atoms with Gasteiger partial charge in [0.2, 0.25) is 0 Å². The van der Waals surface area contributed by atoms with E-state index in [4.69, 9.17) is 4.74 Å². The molecule has 0 radical (unpaired) electrons. The number of allylic oxidation sites excluding steroid dienone is 1. The van der Waals surface area contributed by atoms with Gasteiger partial charge in [-0.15, -0.1) is 23.5 Å². The Morgan fingerprint density at radius 3 is 2.29 bits per heavy atom. The first-order valence-electron chi connectivity index (χ1n) is 6.87. The van der Waals surface area contributed by atoms with Crippen LogP contribution in [0.25, 0.3) is 0 Å². The molecule has 0 saturated carbocycles. The molecule has 0 aliphatic carbocycles. The van der Waals surface area contributed by atoms with Crippen LogP contribution in [-0.4, -0.2) is 29.2 Å². The zero-order valence-corrected chi connectivity index (χ0v) is 14.7. The summed E-state index contributed by atoms with van der Waals surface area (Å²) in [7, 11) is 0.